The van der Waals surface area contributed by atoms with Gasteiger partial charge in [0.05, 0.1) is 12.2 Å². The number of carbonyl (C=O) groups excluding carboxylic acids is 1. The van der Waals surface area contributed by atoms with E-state index in [1.165, 1.54) is 0 Å². The molecule has 1 saturated heterocycles. The molecule has 0 bridgehead atoms. The van der Waals surface area contributed by atoms with Gasteiger partial charge in [-0.05, 0) is 13.8 Å². The molecular formula is C18H23N3O4. The van der Waals surface area contributed by atoms with Gasteiger partial charge in [0.1, 0.15) is 6.10 Å². The van der Waals surface area contributed by atoms with Gasteiger partial charge in [0, 0.05) is 31.5 Å². The first-order valence-corrected chi connectivity index (χ1v) is 8.52. The summed E-state index contributed by atoms with van der Waals surface area (Å²) in [7, 11) is 0. The lowest BCUT2D eigenvalue weighted by Gasteiger charge is -2.18. The number of ether oxygens (including phenoxy) is 1. The zero-order chi connectivity index (χ0) is 17.8. The second-order valence-electron chi connectivity index (χ2n) is 6.47. The monoisotopic (exact) mass is 345 g/mol. The summed E-state index contributed by atoms with van der Waals surface area (Å²) in [5.74, 6) is 0.903. The van der Waals surface area contributed by atoms with Gasteiger partial charge in [0.15, 0.2) is 0 Å². The van der Waals surface area contributed by atoms with Gasteiger partial charge in [0.2, 0.25) is 17.6 Å². The molecule has 2 heterocycles. The van der Waals surface area contributed by atoms with Crippen LogP contribution < -0.4 is 0 Å². The van der Waals surface area contributed by atoms with Gasteiger partial charge < -0.3 is 19.3 Å². The number of aryl methyl sites for hydroxylation is 1. The third-order valence-electron chi connectivity index (χ3n) is 4.09. The molecule has 7 heteroatoms. The van der Waals surface area contributed by atoms with Gasteiger partial charge in [-0.1, -0.05) is 35.5 Å². The molecule has 0 aliphatic carbocycles. The summed E-state index contributed by atoms with van der Waals surface area (Å²) in [5.41, 5.74) is 0.875. The molecule has 1 fully saturated rings. The van der Waals surface area contributed by atoms with E-state index < -0.39 is 6.10 Å². The van der Waals surface area contributed by atoms with Gasteiger partial charge in [-0.3, -0.25) is 4.79 Å². The maximum absolute atomic E-state index is 12.3. The van der Waals surface area contributed by atoms with Crippen LogP contribution in [0, 0.1) is 0 Å². The Balaban J connectivity index is 1.52. The summed E-state index contributed by atoms with van der Waals surface area (Å²) in [6.07, 6.45) is -0.306. The van der Waals surface area contributed by atoms with Crippen molar-refractivity contribution in [3.63, 3.8) is 0 Å². The van der Waals surface area contributed by atoms with Crippen LogP contribution in [0.2, 0.25) is 0 Å². The van der Waals surface area contributed by atoms with Crippen molar-refractivity contribution in [2.45, 2.75) is 45.0 Å². The van der Waals surface area contributed by atoms with Crippen molar-refractivity contribution < 1.29 is 19.2 Å². The quantitative estimate of drug-likeness (QED) is 0.857. The van der Waals surface area contributed by atoms with E-state index in [2.05, 4.69) is 10.1 Å². The molecule has 2 aromatic rings. The summed E-state index contributed by atoms with van der Waals surface area (Å²) in [5, 5.41) is 14.0. The number of rotatable bonds is 6. The fourth-order valence-electron chi connectivity index (χ4n) is 2.88. The van der Waals surface area contributed by atoms with Gasteiger partial charge in [-0.15, -0.1) is 0 Å². The maximum atomic E-state index is 12.3. The summed E-state index contributed by atoms with van der Waals surface area (Å²) in [6.45, 7) is 4.54. The molecule has 1 aliphatic rings. The number of carbonyl (C=O) groups is 1. The van der Waals surface area contributed by atoms with E-state index in [0.717, 1.165) is 5.56 Å². The Bertz CT molecular complexity index is 701. The van der Waals surface area contributed by atoms with E-state index in [-0.39, 0.29) is 24.5 Å². The fourth-order valence-corrected chi connectivity index (χ4v) is 2.88. The minimum Gasteiger partial charge on any atom is -0.388 e. The van der Waals surface area contributed by atoms with Crippen LogP contribution in [0.15, 0.2) is 34.9 Å². The lowest BCUT2D eigenvalue weighted by Crippen LogP contribution is -2.31. The maximum Gasteiger partial charge on any atom is 0.227 e. The Kier molecular flexibility index (Phi) is 5.45. The highest BCUT2D eigenvalue weighted by molar-refractivity contribution is 5.76. The highest BCUT2D eigenvalue weighted by Gasteiger charge is 2.35. The number of aliphatic hydroxyl groups is 1. The molecule has 1 aromatic heterocycles. The van der Waals surface area contributed by atoms with Crippen LogP contribution in [0.4, 0.5) is 0 Å². The smallest absolute Gasteiger partial charge is 0.227 e. The minimum absolute atomic E-state index is 0.0181. The van der Waals surface area contributed by atoms with E-state index in [1.54, 1.807) is 4.90 Å². The van der Waals surface area contributed by atoms with Gasteiger partial charge in [0.25, 0.3) is 0 Å². The largest absolute Gasteiger partial charge is 0.388 e. The highest BCUT2D eigenvalue weighted by atomic mass is 16.5. The first kappa shape index (κ1) is 17.6. The van der Waals surface area contributed by atoms with Crippen molar-refractivity contribution in [1.82, 2.24) is 15.0 Å². The SMILES string of the molecule is CC(C)O[C@@H]1CN(C(=O)CCc2nc(-c3ccccc3)no2)C[C@H]1O. The molecule has 1 aromatic carbocycles. The molecule has 1 amide bonds. The number of hydrogen-bond acceptors (Lipinski definition) is 6. The molecule has 0 spiro atoms. The van der Waals surface area contributed by atoms with Crippen molar-refractivity contribution in [1.29, 1.82) is 0 Å². The van der Waals surface area contributed by atoms with Gasteiger partial charge in [-0.2, -0.15) is 4.98 Å². The van der Waals surface area contributed by atoms with Crippen molar-refractivity contribution in [2.24, 2.45) is 0 Å². The Morgan fingerprint density at radius 1 is 1.36 bits per heavy atom. The lowest BCUT2D eigenvalue weighted by atomic mass is 10.2. The van der Waals surface area contributed by atoms with Crippen molar-refractivity contribution in [3.8, 4) is 11.4 Å². The van der Waals surface area contributed by atoms with Crippen LogP contribution >= 0.6 is 0 Å². The van der Waals surface area contributed by atoms with Gasteiger partial charge in [-0.25, -0.2) is 0 Å². The van der Waals surface area contributed by atoms with Gasteiger partial charge >= 0.3 is 0 Å². The highest BCUT2D eigenvalue weighted by Crippen LogP contribution is 2.18. The molecule has 1 aliphatic heterocycles. The molecule has 0 radical (unpaired) electrons. The zero-order valence-electron chi connectivity index (χ0n) is 14.5. The molecule has 134 valence electrons. The lowest BCUT2D eigenvalue weighted by molar-refractivity contribution is -0.131. The molecule has 3 rings (SSSR count). The average molecular weight is 345 g/mol. The number of nitrogens with zero attached hydrogens (tertiary/aromatic N) is 3. The number of hydrogen-bond donors (Lipinski definition) is 1. The first-order chi connectivity index (χ1) is 12.0. The number of benzene rings is 1. The minimum atomic E-state index is -0.639. The third-order valence-corrected chi connectivity index (χ3v) is 4.09. The summed E-state index contributed by atoms with van der Waals surface area (Å²) >= 11 is 0. The van der Waals surface area contributed by atoms with Crippen molar-refractivity contribution in [2.75, 3.05) is 13.1 Å². The third kappa shape index (κ3) is 4.43. The number of β-amino-alcohol motifs (C(OH)–C–C–N with tert-alkyl or cyclic N) is 1. The van der Waals surface area contributed by atoms with Crippen molar-refractivity contribution >= 4 is 5.91 Å². The average Bonchev–Trinajstić information content (AvgIpc) is 3.20. The Morgan fingerprint density at radius 3 is 2.84 bits per heavy atom. The van der Waals surface area contributed by atoms with Crippen LogP contribution in [0.25, 0.3) is 11.4 Å². The number of likely N-dealkylation sites (tertiary alicyclic amines) is 1. The molecule has 2 atom stereocenters. The Morgan fingerprint density at radius 2 is 2.12 bits per heavy atom. The van der Waals surface area contributed by atoms with Crippen LogP contribution in [0.5, 0.6) is 0 Å². The molecule has 1 N–H and O–H groups in total. The molecular weight excluding hydrogens is 322 g/mol. The standard InChI is InChI=1S/C18H23N3O4/c1-12(2)24-15-11-21(10-14(15)22)17(23)9-8-16-19-18(20-25-16)13-6-4-3-5-7-13/h3-7,12,14-15,22H,8-11H2,1-2H3/t14-,15-/m1/s1. The van der Waals surface area contributed by atoms with E-state index >= 15 is 0 Å². The van der Waals surface area contributed by atoms with Crippen LogP contribution in [0.1, 0.15) is 26.2 Å². The van der Waals surface area contributed by atoms with E-state index in [4.69, 9.17) is 9.26 Å². The predicted molar refractivity (Wildman–Crippen MR) is 90.7 cm³/mol. The normalized spacial score (nSPS) is 20.4. The Hall–Kier alpha value is -2.25. The molecule has 7 nitrogen and oxygen atoms in total. The Labute approximate surface area is 146 Å². The summed E-state index contributed by atoms with van der Waals surface area (Å²) in [4.78, 5) is 18.3. The van der Waals surface area contributed by atoms with Crippen LogP contribution in [-0.2, 0) is 16.0 Å². The van der Waals surface area contributed by atoms with Crippen LogP contribution in [0.3, 0.4) is 0 Å². The van der Waals surface area contributed by atoms with E-state index in [0.29, 0.717) is 31.2 Å². The second-order valence-corrected chi connectivity index (χ2v) is 6.47. The fraction of sp³-hybridized carbons (Fsp3) is 0.500. The number of aromatic nitrogens is 2. The zero-order valence-corrected chi connectivity index (χ0v) is 14.5. The predicted octanol–water partition coefficient (Wildman–Crippen LogP) is 1.67. The number of amides is 1. The summed E-state index contributed by atoms with van der Waals surface area (Å²) in [6, 6.07) is 9.54. The summed E-state index contributed by atoms with van der Waals surface area (Å²) < 4.78 is 10.9. The molecule has 0 unspecified atom stereocenters. The number of aliphatic hydroxyl groups excluding tert-OH is 1. The molecule has 0 saturated carbocycles. The topological polar surface area (TPSA) is 88.7 Å². The first-order valence-electron chi connectivity index (χ1n) is 8.52. The van der Waals surface area contributed by atoms with Crippen molar-refractivity contribution in [3.05, 3.63) is 36.2 Å². The molecule has 25 heavy (non-hydrogen) atoms. The van der Waals surface area contributed by atoms with E-state index in [1.807, 2.05) is 44.2 Å². The van der Waals surface area contributed by atoms with Crippen LogP contribution in [-0.4, -0.2) is 57.5 Å². The second kappa shape index (κ2) is 7.76. The van der Waals surface area contributed by atoms with E-state index in [9.17, 15) is 9.90 Å².